The van der Waals surface area contributed by atoms with E-state index in [1.54, 1.807) is 0 Å². The van der Waals surface area contributed by atoms with Gasteiger partial charge in [0.2, 0.25) is 0 Å². The Morgan fingerprint density at radius 1 is 0.292 bits per heavy atom. The van der Waals surface area contributed by atoms with Gasteiger partial charge in [0.05, 0.1) is 0 Å². The summed E-state index contributed by atoms with van der Waals surface area (Å²) in [4.78, 5) is 37.9. The lowest BCUT2D eigenvalue weighted by Crippen LogP contribution is -2.30. The van der Waals surface area contributed by atoms with Gasteiger partial charge in [0.1, 0.15) is 13.2 Å². The van der Waals surface area contributed by atoms with E-state index in [1.807, 2.05) is 0 Å². The second-order valence-electron chi connectivity index (χ2n) is 19.5. The lowest BCUT2D eigenvalue weighted by Gasteiger charge is -2.18. The largest absolute Gasteiger partial charge is 0.462 e. The molecule has 0 rings (SSSR count). The molecule has 0 aromatic heterocycles. The van der Waals surface area contributed by atoms with Crippen LogP contribution < -0.4 is 0 Å². The van der Waals surface area contributed by atoms with Crippen LogP contribution >= 0.6 is 0 Å². The van der Waals surface area contributed by atoms with Gasteiger partial charge in [-0.2, -0.15) is 0 Å². The zero-order valence-corrected chi connectivity index (χ0v) is 46.9. The molecule has 72 heavy (non-hydrogen) atoms. The van der Waals surface area contributed by atoms with Crippen LogP contribution in [0.5, 0.6) is 0 Å². The number of ether oxygens (including phenoxy) is 3. The maximum atomic E-state index is 12.8. The second kappa shape index (κ2) is 59.6. The Morgan fingerprint density at radius 3 is 0.847 bits per heavy atom. The second-order valence-corrected chi connectivity index (χ2v) is 19.5. The van der Waals surface area contributed by atoms with E-state index in [9.17, 15) is 14.4 Å². The molecule has 0 amide bonds. The highest BCUT2D eigenvalue weighted by atomic mass is 16.6. The van der Waals surface area contributed by atoms with Gasteiger partial charge in [-0.05, 0) is 109 Å². The number of carbonyl (C=O) groups is 3. The summed E-state index contributed by atoms with van der Waals surface area (Å²) < 4.78 is 16.8. The molecular formula is C66H110O6. The van der Waals surface area contributed by atoms with Crippen molar-refractivity contribution in [3.63, 3.8) is 0 Å². The number of hydrogen-bond acceptors (Lipinski definition) is 6. The van der Waals surface area contributed by atoms with Crippen LogP contribution in [0.25, 0.3) is 0 Å². The van der Waals surface area contributed by atoms with Crippen LogP contribution in [0.3, 0.4) is 0 Å². The van der Waals surface area contributed by atoms with Crippen LogP contribution in [-0.4, -0.2) is 37.2 Å². The van der Waals surface area contributed by atoms with Crippen LogP contribution in [0.15, 0.2) is 109 Å². The van der Waals surface area contributed by atoms with E-state index < -0.39 is 6.10 Å². The molecule has 0 radical (unpaired) electrons. The minimum Gasteiger partial charge on any atom is -0.462 e. The Bertz CT molecular complexity index is 1470. The van der Waals surface area contributed by atoms with Crippen molar-refractivity contribution >= 4 is 17.9 Å². The number of allylic oxidation sites excluding steroid dienone is 18. The van der Waals surface area contributed by atoms with E-state index in [4.69, 9.17) is 14.2 Å². The van der Waals surface area contributed by atoms with Gasteiger partial charge in [0, 0.05) is 19.3 Å². The Kier molecular flexibility index (Phi) is 56.4. The summed E-state index contributed by atoms with van der Waals surface area (Å²) in [6.45, 7) is 6.43. The SMILES string of the molecule is CC/C=C\C/C=C\C/C=C\C/C=C\C/C=C\C/C=C\CCCCCCC(=O)OC(COC(=O)CCCCCCCC)COC(=O)CCCCCCCCCCCC/C=C\C/C=C\C/C=C\CCCCCCC. The molecule has 1 atom stereocenters. The molecule has 0 aliphatic carbocycles. The molecule has 6 heteroatoms. The molecule has 0 bridgehead atoms. The fraction of sp³-hybridized carbons (Fsp3) is 0.682. The average molecular weight is 1000 g/mol. The topological polar surface area (TPSA) is 78.9 Å². The molecule has 0 aliphatic heterocycles. The van der Waals surface area contributed by atoms with Gasteiger partial charge in [-0.1, -0.05) is 252 Å². The zero-order valence-electron chi connectivity index (χ0n) is 46.9. The van der Waals surface area contributed by atoms with E-state index in [0.29, 0.717) is 19.3 Å². The lowest BCUT2D eigenvalue weighted by molar-refractivity contribution is -0.167. The van der Waals surface area contributed by atoms with Gasteiger partial charge in [0.15, 0.2) is 6.10 Å². The standard InChI is InChI=1S/C66H110O6/c1-4-7-10-13-16-18-20-22-24-26-28-30-32-33-35-36-38-40-42-44-46-48-50-53-56-59-65(68)71-62-63(61-70-64(67)58-55-52-15-12-9-6-3)72-66(69)60-57-54-51-49-47-45-43-41-39-37-34-31-29-27-25-23-21-19-17-14-11-8-5-2/h8,11,17,19-20,22-23,25-26,28-29,31-33,37,39,43,45,63H,4-7,9-10,12-16,18,21,24,27,30,34-36,38,40-42,44,46-62H2,1-3H3/b11-8-,19-17-,22-20-,25-23-,28-26-,31-29-,33-32-,39-37-,45-43-. The predicted octanol–water partition coefficient (Wildman–Crippen LogP) is 20.3. The first-order valence-corrected chi connectivity index (χ1v) is 29.9. The number of hydrogen-bond donors (Lipinski definition) is 0. The number of carbonyl (C=O) groups excluding carboxylic acids is 3. The third-order valence-electron chi connectivity index (χ3n) is 12.5. The average Bonchev–Trinajstić information content (AvgIpc) is 3.38. The Balaban J connectivity index is 4.21. The van der Waals surface area contributed by atoms with Crippen molar-refractivity contribution in [2.45, 2.75) is 277 Å². The Hall–Kier alpha value is -3.93. The maximum absolute atomic E-state index is 12.8. The van der Waals surface area contributed by atoms with Crippen LogP contribution in [0.2, 0.25) is 0 Å². The first-order valence-electron chi connectivity index (χ1n) is 29.9. The molecule has 0 saturated carbocycles. The van der Waals surface area contributed by atoms with E-state index in [-0.39, 0.29) is 31.1 Å². The van der Waals surface area contributed by atoms with Crippen molar-refractivity contribution in [3.05, 3.63) is 109 Å². The van der Waals surface area contributed by atoms with Crippen LogP contribution in [0, 0.1) is 0 Å². The summed E-state index contributed by atoms with van der Waals surface area (Å²) in [6.07, 6.45) is 81.1. The fourth-order valence-corrected chi connectivity index (χ4v) is 8.04. The molecule has 1 unspecified atom stereocenters. The van der Waals surface area contributed by atoms with Gasteiger partial charge in [-0.3, -0.25) is 14.4 Å². The lowest BCUT2D eigenvalue weighted by atomic mass is 10.1. The van der Waals surface area contributed by atoms with Crippen molar-refractivity contribution in [2.75, 3.05) is 13.2 Å². The molecule has 0 saturated heterocycles. The summed E-state index contributed by atoms with van der Waals surface area (Å²) in [5.41, 5.74) is 0. The predicted molar refractivity (Wildman–Crippen MR) is 311 cm³/mol. The zero-order chi connectivity index (χ0) is 52.2. The van der Waals surface area contributed by atoms with Gasteiger partial charge in [-0.25, -0.2) is 0 Å². The van der Waals surface area contributed by atoms with Crippen molar-refractivity contribution in [2.24, 2.45) is 0 Å². The maximum Gasteiger partial charge on any atom is 0.306 e. The van der Waals surface area contributed by atoms with Crippen molar-refractivity contribution in [3.8, 4) is 0 Å². The van der Waals surface area contributed by atoms with Gasteiger partial charge < -0.3 is 14.2 Å². The van der Waals surface area contributed by atoms with Gasteiger partial charge in [-0.15, -0.1) is 0 Å². The van der Waals surface area contributed by atoms with E-state index in [0.717, 1.165) is 122 Å². The first kappa shape index (κ1) is 68.1. The monoisotopic (exact) mass is 999 g/mol. The van der Waals surface area contributed by atoms with E-state index in [2.05, 4.69) is 130 Å². The highest BCUT2D eigenvalue weighted by Gasteiger charge is 2.19. The number of rotatable bonds is 53. The minimum absolute atomic E-state index is 0.0909. The highest BCUT2D eigenvalue weighted by Crippen LogP contribution is 2.15. The van der Waals surface area contributed by atoms with E-state index in [1.165, 1.54) is 109 Å². The summed E-state index contributed by atoms with van der Waals surface area (Å²) in [5, 5.41) is 0. The minimum atomic E-state index is -0.793. The molecular weight excluding hydrogens is 889 g/mol. The fourth-order valence-electron chi connectivity index (χ4n) is 8.04. The quantitative estimate of drug-likeness (QED) is 0.0261. The highest BCUT2D eigenvalue weighted by molar-refractivity contribution is 5.71. The van der Waals surface area contributed by atoms with Crippen molar-refractivity contribution < 1.29 is 28.6 Å². The van der Waals surface area contributed by atoms with Crippen LogP contribution in [0.4, 0.5) is 0 Å². The molecule has 0 aromatic rings. The Morgan fingerprint density at radius 2 is 0.542 bits per heavy atom. The van der Waals surface area contributed by atoms with Crippen LogP contribution in [-0.2, 0) is 28.6 Å². The molecule has 0 fully saturated rings. The third kappa shape index (κ3) is 57.0. The normalized spacial score (nSPS) is 12.9. The third-order valence-corrected chi connectivity index (χ3v) is 12.5. The molecule has 0 N–H and O–H groups in total. The summed E-state index contributed by atoms with van der Waals surface area (Å²) in [6, 6.07) is 0. The molecule has 410 valence electrons. The molecule has 0 spiro atoms. The summed E-state index contributed by atoms with van der Waals surface area (Å²) in [7, 11) is 0. The van der Waals surface area contributed by atoms with Crippen molar-refractivity contribution in [1.29, 1.82) is 0 Å². The smallest absolute Gasteiger partial charge is 0.306 e. The van der Waals surface area contributed by atoms with E-state index >= 15 is 0 Å². The first-order chi connectivity index (χ1) is 35.5. The summed E-state index contributed by atoms with van der Waals surface area (Å²) in [5.74, 6) is -0.929. The molecule has 0 aliphatic rings. The summed E-state index contributed by atoms with van der Waals surface area (Å²) >= 11 is 0. The van der Waals surface area contributed by atoms with Crippen LogP contribution in [0.1, 0.15) is 271 Å². The molecule has 6 nitrogen and oxygen atoms in total. The number of unbranched alkanes of at least 4 members (excludes halogenated alkanes) is 24. The molecule has 0 aromatic carbocycles. The Labute approximate surface area is 444 Å². The van der Waals surface area contributed by atoms with Crippen molar-refractivity contribution in [1.82, 2.24) is 0 Å². The number of esters is 3. The van der Waals surface area contributed by atoms with Gasteiger partial charge >= 0.3 is 17.9 Å². The molecule has 0 heterocycles. The van der Waals surface area contributed by atoms with Gasteiger partial charge in [0.25, 0.3) is 0 Å².